The van der Waals surface area contributed by atoms with Gasteiger partial charge in [-0.05, 0) is 35.8 Å². The Kier molecular flexibility index (Phi) is 4.29. The molecule has 1 amide bonds. The molecule has 2 N–H and O–H groups in total. The Morgan fingerprint density at radius 1 is 1.56 bits per heavy atom. The van der Waals surface area contributed by atoms with Crippen LogP contribution < -0.4 is 10.6 Å². The van der Waals surface area contributed by atoms with Crippen LogP contribution in [-0.4, -0.2) is 24.5 Å². The lowest BCUT2D eigenvalue weighted by Gasteiger charge is -2.23. The molecule has 0 aromatic carbocycles. The van der Waals surface area contributed by atoms with Crippen LogP contribution in [0.25, 0.3) is 0 Å². The molecule has 5 heteroatoms. The lowest BCUT2D eigenvalue weighted by Crippen LogP contribution is -2.39. The molecule has 0 saturated heterocycles. The molecule has 1 aromatic heterocycles. The third-order valence-electron chi connectivity index (χ3n) is 2.33. The summed E-state index contributed by atoms with van der Waals surface area (Å²) in [7, 11) is 1.65. The van der Waals surface area contributed by atoms with E-state index in [0.29, 0.717) is 6.54 Å². The molecule has 1 heterocycles. The van der Waals surface area contributed by atoms with E-state index < -0.39 is 5.41 Å². The molecule has 0 atom stereocenters. The third-order valence-corrected chi connectivity index (χ3v) is 2.97. The van der Waals surface area contributed by atoms with Gasteiger partial charge in [0.1, 0.15) is 0 Å². The minimum absolute atomic E-state index is 0.0187. The van der Waals surface area contributed by atoms with E-state index >= 15 is 0 Å². The summed E-state index contributed by atoms with van der Waals surface area (Å²) in [5, 5.41) is 5.87. The molecule has 0 aliphatic carbocycles. The molecule has 88 valence electrons. The summed E-state index contributed by atoms with van der Waals surface area (Å²) in [5.74, 6) is 0.0187. The van der Waals surface area contributed by atoms with Crippen LogP contribution in [0.5, 0.6) is 0 Å². The van der Waals surface area contributed by atoms with Gasteiger partial charge in [-0.15, -0.1) is 0 Å². The Balaban J connectivity index is 2.65. The summed E-state index contributed by atoms with van der Waals surface area (Å²) >= 11 is 3.39. The first-order valence-corrected chi connectivity index (χ1v) is 5.82. The first-order valence-electron chi connectivity index (χ1n) is 5.03. The van der Waals surface area contributed by atoms with Crippen molar-refractivity contribution in [3.8, 4) is 0 Å². The molecule has 1 rings (SSSR count). The van der Waals surface area contributed by atoms with Gasteiger partial charge in [-0.2, -0.15) is 0 Å². The van der Waals surface area contributed by atoms with E-state index in [1.807, 2.05) is 19.9 Å². The number of halogens is 1. The third kappa shape index (κ3) is 3.20. The van der Waals surface area contributed by atoms with Gasteiger partial charge in [-0.25, -0.2) is 0 Å². The fraction of sp³-hybridized carbons (Fsp3) is 0.455. The molecule has 0 saturated carbocycles. The SMILES string of the molecule is CNC(=O)C(C)(C)CNc1ccncc1Br. The highest BCUT2D eigenvalue weighted by Crippen LogP contribution is 2.22. The number of pyridine rings is 1. The van der Waals surface area contributed by atoms with Crippen molar-refractivity contribution in [3.63, 3.8) is 0 Å². The van der Waals surface area contributed by atoms with E-state index in [1.165, 1.54) is 0 Å². The number of carbonyl (C=O) groups is 1. The van der Waals surface area contributed by atoms with Crippen LogP contribution in [0.15, 0.2) is 22.9 Å². The predicted octanol–water partition coefficient (Wildman–Crippen LogP) is 2.03. The van der Waals surface area contributed by atoms with E-state index in [4.69, 9.17) is 0 Å². The van der Waals surface area contributed by atoms with Crippen LogP contribution in [0.1, 0.15) is 13.8 Å². The number of carbonyl (C=O) groups excluding carboxylic acids is 1. The normalized spacial score (nSPS) is 11.0. The van der Waals surface area contributed by atoms with Crippen molar-refractivity contribution in [1.82, 2.24) is 10.3 Å². The van der Waals surface area contributed by atoms with Crippen molar-refractivity contribution in [1.29, 1.82) is 0 Å². The first-order chi connectivity index (χ1) is 7.47. The molecule has 0 radical (unpaired) electrons. The molecule has 0 spiro atoms. The van der Waals surface area contributed by atoms with E-state index in [-0.39, 0.29) is 5.91 Å². The van der Waals surface area contributed by atoms with Gasteiger partial charge in [-0.3, -0.25) is 9.78 Å². The Bertz CT molecular complexity index is 379. The van der Waals surface area contributed by atoms with E-state index in [0.717, 1.165) is 10.2 Å². The second kappa shape index (κ2) is 5.30. The van der Waals surface area contributed by atoms with Crippen LogP contribution in [0.3, 0.4) is 0 Å². The van der Waals surface area contributed by atoms with Crippen LogP contribution in [-0.2, 0) is 4.79 Å². The first kappa shape index (κ1) is 13.0. The maximum absolute atomic E-state index is 11.6. The van der Waals surface area contributed by atoms with Gasteiger partial charge in [0, 0.05) is 26.0 Å². The summed E-state index contributed by atoms with van der Waals surface area (Å²) in [4.78, 5) is 15.5. The summed E-state index contributed by atoms with van der Waals surface area (Å²) in [5.41, 5.74) is 0.490. The standard InChI is InChI=1S/C11H16BrN3O/c1-11(2,10(16)13-3)7-15-9-4-5-14-6-8(9)12/h4-6H,7H2,1-3H3,(H,13,16)(H,14,15). The zero-order valence-electron chi connectivity index (χ0n) is 9.67. The molecular weight excluding hydrogens is 270 g/mol. The van der Waals surface area contributed by atoms with Crippen molar-refractivity contribution in [3.05, 3.63) is 22.9 Å². The summed E-state index contributed by atoms with van der Waals surface area (Å²) in [6.07, 6.45) is 3.43. The quantitative estimate of drug-likeness (QED) is 0.890. The van der Waals surface area contributed by atoms with Gasteiger partial charge in [0.05, 0.1) is 15.6 Å². The van der Waals surface area contributed by atoms with Crippen LogP contribution >= 0.6 is 15.9 Å². The number of hydrogen-bond acceptors (Lipinski definition) is 3. The number of aromatic nitrogens is 1. The number of amides is 1. The molecule has 1 aromatic rings. The second-order valence-corrected chi connectivity index (χ2v) is 5.03. The van der Waals surface area contributed by atoms with Gasteiger partial charge >= 0.3 is 0 Å². The van der Waals surface area contributed by atoms with Gasteiger partial charge < -0.3 is 10.6 Å². The zero-order chi connectivity index (χ0) is 12.2. The maximum atomic E-state index is 11.6. The molecule has 4 nitrogen and oxygen atoms in total. The van der Waals surface area contributed by atoms with Crippen molar-refractivity contribution < 1.29 is 4.79 Å². The van der Waals surface area contributed by atoms with Gasteiger partial charge in [-0.1, -0.05) is 0 Å². The van der Waals surface area contributed by atoms with Gasteiger partial charge in [0.2, 0.25) is 5.91 Å². The maximum Gasteiger partial charge on any atom is 0.227 e. The lowest BCUT2D eigenvalue weighted by molar-refractivity contribution is -0.128. The number of anilines is 1. The van der Waals surface area contributed by atoms with Crippen molar-refractivity contribution in [2.24, 2.45) is 5.41 Å². The zero-order valence-corrected chi connectivity index (χ0v) is 11.3. The minimum atomic E-state index is -0.447. The molecular formula is C11H16BrN3O. The molecule has 0 unspecified atom stereocenters. The van der Waals surface area contributed by atoms with Crippen molar-refractivity contribution in [2.45, 2.75) is 13.8 Å². The Hall–Kier alpha value is -1.10. The summed E-state index contributed by atoms with van der Waals surface area (Å²) in [6, 6.07) is 1.87. The molecule has 0 aliphatic heterocycles. The van der Waals surface area contributed by atoms with Crippen molar-refractivity contribution >= 4 is 27.5 Å². The van der Waals surface area contributed by atoms with E-state index in [1.54, 1.807) is 19.4 Å². The van der Waals surface area contributed by atoms with Crippen LogP contribution in [0.4, 0.5) is 5.69 Å². The summed E-state index contributed by atoms with van der Waals surface area (Å²) < 4.78 is 0.891. The smallest absolute Gasteiger partial charge is 0.227 e. The second-order valence-electron chi connectivity index (χ2n) is 4.17. The topological polar surface area (TPSA) is 54.0 Å². The highest BCUT2D eigenvalue weighted by Gasteiger charge is 2.26. The molecule has 0 fully saturated rings. The number of rotatable bonds is 4. The van der Waals surface area contributed by atoms with Gasteiger partial charge in [0.15, 0.2) is 0 Å². The summed E-state index contributed by atoms with van der Waals surface area (Å²) in [6.45, 7) is 4.36. The Morgan fingerprint density at radius 3 is 2.81 bits per heavy atom. The van der Waals surface area contributed by atoms with Crippen LogP contribution in [0, 0.1) is 5.41 Å². The van der Waals surface area contributed by atoms with E-state index in [9.17, 15) is 4.79 Å². The van der Waals surface area contributed by atoms with Crippen molar-refractivity contribution in [2.75, 3.05) is 18.9 Å². The fourth-order valence-electron chi connectivity index (χ4n) is 1.25. The Morgan fingerprint density at radius 2 is 2.25 bits per heavy atom. The Labute approximate surface area is 104 Å². The largest absolute Gasteiger partial charge is 0.383 e. The lowest BCUT2D eigenvalue weighted by atomic mass is 9.92. The molecule has 0 aliphatic rings. The van der Waals surface area contributed by atoms with E-state index in [2.05, 4.69) is 31.5 Å². The molecule has 0 bridgehead atoms. The highest BCUT2D eigenvalue weighted by molar-refractivity contribution is 9.10. The molecule has 16 heavy (non-hydrogen) atoms. The monoisotopic (exact) mass is 285 g/mol. The number of nitrogens with zero attached hydrogens (tertiary/aromatic N) is 1. The van der Waals surface area contributed by atoms with Crippen LogP contribution in [0.2, 0.25) is 0 Å². The minimum Gasteiger partial charge on any atom is -0.383 e. The average molecular weight is 286 g/mol. The fourth-order valence-corrected chi connectivity index (χ4v) is 1.64. The average Bonchev–Trinajstić information content (AvgIpc) is 2.27. The predicted molar refractivity (Wildman–Crippen MR) is 68.3 cm³/mol. The van der Waals surface area contributed by atoms with Gasteiger partial charge in [0.25, 0.3) is 0 Å². The number of hydrogen-bond donors (Lipinski definition) is 2. The number of nitrogens with one attached hydrogen (secondary N) is 2. The highest BCUT2D eigenvalue weighted by atomic mass is 79.9.